The number of hydrogen-bond donors (Lipinski definition) is 2. The molecule has 3 nitrogen and oxygen atoms in total. The molecule has 0 unspecified atom stereocenters. The maximum Gasteiger partial charge on any atom is 0.325 e. The first kappa shape index (κ1) is 12.8. The molecule has 0 aromatic carbocycles. The van der Waals surface area contributed by atoms with Crippen LogP contribution in [0.3, 0.4) is 0 Å². The Balaban J connectivity index is 0. The molecule has 0 rings (SSSR count). The number of halogens is 1. The van der Waals surface area contributed by atoms with Crippen LogP contribution in [0.4, 0.5) is 0 Å². The van der Waals surface area contributed by atoms with Gasteiger partial charge in [0, 0.05) is 22.4 Å². The van der Waals surface area contributed by atoms with E-state index in [9.17, 15) is 4.57 Å². The summed E-state index contributed by atoms with van der Waals surface area (Å²) in [6.07, 6.45) is 0.516. The van der Waals surface area contributed by atoms with Crippen LogP contribution in [0.1, 0.15) is 6.42 Å². The summed E-state index contributed by atoms with van der Waals surface area (Å²) in [5.41, 5.74) is 0. The Morgan fingerprint density at radius 3 is 2.00 bits per heavy atom. The quantitative estimate of drug-likeness (QED) is 0.454. The topological polar surface area (TPSA) is 57.5 Å². The molecule has 0 aromatic heterocycles. The Kier molecular flexibility index (Phi) is 8.38. The van der Waals surface area contributed by atoms with E-state index >= 15 is 0 Å². The summed E-state index contributed by atoms with van der Waals surface area (Å²) in [4.78, 5) is 16.5. The molecular formula is C3H8BrCuO3P. The maximum atomic E-state index is 10.1. The van der Waals surface area contributed by atoms with Crippen LogP contribution in [0, 0.1) is 0 Å². The SMILES string of the molecule is O=P(O)(O)CCCBr.[Cu]. The fourth-order valence-electron chi connectivity index (χ4n) is 0.266. The molecule has 0 spiro atoms. The third-order valence-electron chi connectivity index (χ3n) is 0.583. The standard InChI is InChI=1S/C3H8BrO3P.Cu/c4-2-1-3-8(5,6)7;/h1-3H2,(H2,5,6,7);. The minimum atomic E-state index is -3.71. The first-order chi connectivity index (χ1) is 3.56. The van der Waals surface area contributed by atoms with Crippen molar-refractivity contribution in [2.24, 2.45) is 0 Å². The van der Waals surface area contributed by atoms with E-state index in [1.54, 1.807) is 0 Å². The van der Waals surface area contributed by atoms with Gasteiger partial charge >= 0.3 is 7.60 Å². The molecule has 0 amide bonds. The molecule has 0 heterocycles. The van der Waals surface area contributed by atoms with Crippen molar-refractivity contribution in [2.75, 3.05) is 11.5 Å². The van der Waals surface area contributed by atoms with Gasteiger partial charge in [-0.3, -0.25) is 4.57 Å². The van der Waals surface area contributed by atoms with E-state index in [4.69, 9.17) is 9.79 Å². The summed E-state index contributed by atoms with van der Waals surface area (Å²) >= 11 is 3.06. The van der Waals surface area contributed by atoms with E-state index in [1.807, 2.05) is 0 Å². The van der Waals surface area contributed by atoms with Crippen molar-refractivity contribution in [1.82, 2.24) is 0 Å². The van der Waals surface area contributed by atoms with E-state index in [1.165, 1.54) is 0 Å². The molecule has 9 heavy (non-hydrogen) atoms. The molecule has 0 aromatic rings. The zero-order valence-electron chi connectivity index (χ0n) is 4.55. The zero-order valence-corrected chi connectivity index (χ0v) is 7.97. The minimum Gasteiger partial charge on any atom is -0.324 e. The van der Waals surface area contributed by atoms with Gasteiger partial charge in [-0.25, -0.2) is 0 Å². The van der Waals surface area contributed by atoms with Gasteiger partial charge in [-0.15, -0.1) is 0 Å². The molecule has 1 radical (unpaired) electrons. The van der Waals surface area contributed by atoms with Gasteiger partial charge in [0.2, 0.25) is 0 Å². The van der Waals surface area contributed by atoms with Gasteiger partial charge in [-0.1, -0.05) is 15.9 Å². The van der Waals surface area contributed by atoms with E-state index in [0.29, 0.717) is 11.8 Å². The van der Waals surface area contributed by atoms with Crippen molar-refractivity contribution >= 4 is 23.5 Å². The third-order valence-corrected chi connectivity index (χ3v) is 2.04. The maximum absolute atomic E-state index is 10.1. The van der Waals surface area contributed by atoms with Gasteiger partial charge in [0.1, 0.15) is 0 Å². The Labute approximate surface area is 73.0 Å². The third kappa shape index (κ3) is 12.4. The normalized spacial score (nSPS) is 10.6. The molecule has 0 aliphatic carbocycles. The minimum absolute atomic E-state index is 0. The van der Waals surface area contributed by atoms with Gasteiger partial charge in [0.15, 0.2) is 0 Å². The van der Waals surface area contributed by atoms with Crippen LogP contribution in [-0.4, -0.2) is 21.3 Å². The van der Waals surface area contributed by atoms with E-state index < -0.39 is 7.60 Å². The average Bonchev–Trinajstić information content (AvgIpc) is 1.59. The van der Waals surface area contributed by atoms with Gasteiger partial charge < -0.3 is 9.79 Å². The first-order valence-corrected chi connectivity index (χ1v) is 5.09. The van der Waals surface area contributed by atoms with E-state index in [0.717, 1.165) is 0 Å². The van der Waals surface area contributed by atoms with E-state index in [-0.39, 0.29) is 23.2 Å². The molecule has 0 aliphatic rings. The Hall–Kier alpha value is 1.15. The number of rotatable bonds is 3. The van der Waals surface area contributed by atoms with Crippen molar-refractivity contribution in [3.63, 3.8) is 0 Å². The number of hydrogen-bond acceptors (Lipinski definition) is 1. The fraction of sp³-hybridized carbons (Fsp3) is 1.00. The van der Waals surface area contributed by atoms with Crippen molar-refractivity contribution in [1.29, 1.82) is 0 Å². The van der Waals surface area contributed by atoms with Crippen molar-refractivity contribution in [3.8, 4) is 0 Å². The summed E-state index contributed by atoms with van der Waals surface area (Å²) in [6.45, 7) is 0. The van der Waals surface area contributed by atoms with Gasteiger partial charge in [0.25, 0.3) is 0 Å². The van der Waals surface area contributed by atoms with Crippen molar-refractivity contribution < 1.29 is 31.4 Å². The molecule has 0 aliphatic heterocycles. The molecular weight excluding hydrogens is 258 g/mol. The first-order valence-electron chi connectivity index (χ1n) is 2.17. The Bertz CT molecular complexity index is 103. The van der Waals surface area contributed by atoms with Crippen LogP contribution < -0.4 is 0 Å². The van der Waals surface area contributed by atoms with Gasteiger partial charge in [0.05, 0.1) is 6.16 Å². The van der Waals surface area contributed by atoms with Crippen molar-refractivity contribution in [2.45, 2.75) is 6.42 Å². The summed E-state index contributed by atoms with van der Waals surface area (Å²) in [7, 11) is -3.71. The molecule has 0 saturated heterocycles. The fourth-order valence-corrected chi connectivity index (χ4v) is 1.55. The molecule has 0 saturated carbocycles. The monoisotopic (exact) mass is 265 g/mol. The van der Waals surface area contributed by atoms with Crippen LogP contribution in [0.5, 0.6) is 0 Å². The predicted molar refractivity (Wildman–Crippen MR) is 35.3 cm³/mol. The molecule has 0 atom stereocenters. The molecule has 2 N–H and O–H groups in total. The summed E-state index contributed by atoms with van der Waals surface area (Å²) in [5, 5.41) is 0.651. The second-order valence-corrected chi connectivity index (χ2v) is 4.00. The smallest absolute Gasteiger partial charge is 0.324 e. The second-order valence-electron chi connectivity index (χ2n) is 1.43. The molecule has 0 bridgehead atoms. The summed E-state index contributed by atoms with van der Waals surface area (Å²) in [5.74, 6) is 0. The summed E-state index contributed by atoms with van der Waals surface area (Å²) in [6, 6.07) is 0. The molecule has 6 heteroatoms. The largest absolute Gasteiger partial charge is 0.325 e. The van der Waals surface area contributed by atoms with Crippen molar-refractivity contribution in [3.05, 3.63) is 0 Å². The van der Waals surface area contributed by atoms with Crippen LogP contribution >= 0.6 is 23.5 Å². The van der Waals surface area contributed by atoms with Crippen LogP contribution in [0.2, 0.25) is 0 Å². The van der Waals surface area contributed by atoms with E-state index in [2.05, 4.69) is 15.9 Å². The van der Waals surface area contributed by atoms with Gasteiger partial charge in [-0.05, 0) is 6.42 Å². The average molecular weight is 267 g/mol. The van der Waals surface area contributed by atoms with Crippen LogP contribution in [-0.2, 0) is 21.6 Å². The molecule has 61 valence electrons. The Morgan fingerprint density at radius 1 is 1.44 bits per heavy atom. The molecule has 0 fully saturated rings. The van der Waals surface area contributed by atoms with Crippen LogP contribution in [0.15, 0.2) is 0 Å². The van der Waals surface area contributed by atoms with Crippen LogP contribution in [0.25, 0.3) is 0 Å². The predicted octanol–water partition coefficient (Wildman–Crippen LogP) is 0.947. The van der Waals surface area contributed by atoms with Gasteiger partial charge in [-0.2, -0.15) is 0 Å². The summed E-state index contributed by atoms with van der Waals surface area (Å²) < 4.78 is 10.1. The zero-order chi connectivity index (χ0) is 6.62. The Morgan fingerprint density at radius 2 is 1.89 bits per heavy atom. The second kappa shape index (κ2) is 5.90. The number of alkyl halides is 1.